The van der Waals surface area contributed by atoms with Crippen molar-refractivity contribution in [3.05, 3.63) is 34.9 Å². The summed E-state index contributed by atoms with van der Waals surface area (Å²) in [6, 6.07) is 8.56. The Labute approximate surface area is 137 Å². The number of hydrogen-bond donors (Lipinski definition) is 1. The highest BCUT2D eigenvalue weighted by atomic mass is 35.5. The molecule has 1 N–H and O–H groups in total. The zero-order valence-corrected chi connectivity index (χ0v) is 14.0. The molecule has 5 heteroatoms. The van der Waals surface area contributed by atoms with E-state index in [0.29, 0.717) is 24.9 Å². The van der Waals surface area contributed by atoms with Crippen LogP contribution in [0.2, 0.25) is 5.02 Å². The molecule has 1 aromatic rings. The molecule has 120 valence electrons. The van der Waals surface area contributed by atoms with Crippen molar-refractivity contribution in [2.45, 2.75) is 57.8 Å². The number of aryl methyl sites for hydroxylation is 1. The first-order valence-electron chi connectivity index (χ1n) is 8.14. The topological polar surface area (TPSA) is 35.6 Å². The van der Waals surface area contributed by atoms with Crippen LogP contribution in [0.5, 0.6) is 0 Å². The highest BCUT2D eigenvalue weighted by molar-refractivity contribution is 6.31. The molecule has 0 saturated carbocycles. The number of hydrazine groups is 1. The average Bonchev–Trinajstić information content (AvgIpc) is 2.96. The van der Waals surface area contributed by atoms with Crippen LogP contribution in [-0.2, 0) is 11.2 Å². The van der Waals surface area contributed by atoms with E-state index in [1.807, 2.05) is 24.3 Å². The van der Waals surface area contributed by atoms with Gasteiger partial charge in [0.25, 0.3) is 0 Å². The minimum atomic E-state index is 0.206. The molecule has 2 aliphatic rings. The Balaban J connectivity index is 1.67. The quantitative estimate of drug-likeness (QED) is 0.930. The van der Waals surface area contributed by atoms with Gasteiger partial charge in [-0.25, -0.2) is 5.01 Å². The third-order valence-corrected chi connectivity index (χ3v) is 5.19. The van der Waals surface area contributed by atoms with Crippen LogP contribution < -0.4 is 5.43 Å². The number of rotatable bonds is 3. The Morgan fingerprint density at radius 1 is 1.32 bits per heavy atom. The molecule has 1 aromatic carbocycles. The van der Waals surface area contributed by atoms with Gasteiger partial charge in [0.2, 0.25) is 5.91 Å². The standard InChI is InChI=1S/C17H24ClN3O/c1-12-11-13(2)21-16(9-10-19-21)20(12)17(22)8-7-14-5-3-4-6-15(14)18/h3-6,12-13,16,19H,7-11H2,1-2H3. The van der Waals surface area contributed by atoms with Crippen LogP contribution in [0.15, 0.2) is 24.3 Å². The molecule has 2 fully saturated rings. The predicted molar refractivity (Wildman–Crippen MR) is 88.4 cm³/mol. The van der Waals surface area contributed by atoms with Crippen molar-refractivity contribution in [2.24, 2.45) is 0 Å². The number of hydrogen-bond acceptors (Lipinski definition) is 3. The second-order valence-corrected chi connectivity index (χ2v) is 6.82. The Morgan fingerprint density at radius 2 is 2.09 bits per heavy atom. The van der Waals surface area contributed by atoms with Gasteiger partial charge in [0.05, 0.1) is 6.17 Å². The van der Waals surface area contributed by atoms with Gasteiger partial charge < -0.3 is 4.90 Å². The van der Waals surface area contributed by atoms with E-state index in [-0.39, 0.29) is 12.1 Å². The highest BCUT2D eigenvalue weighted by Gasteiger charge is 2.42. The molecule has 0 aliphatic carbocycles. The molecule has 2 aliphatic heterocycles. The maximum Gasteiger partial charge on any atom is 0.224 e. The van der Waals surface area contributed by atoms with Gasteiger partial charge in [-0.3, -0.25) is 10.2 Å². The minimum Gasteiger partial charge on any atom is -0.323 e. The van der Waals surface area contributed by atoms with E-state index < -0.39 is 0 Å². The molecule has 4 nitrogen and oxygen atoms in total. The smallest absolute Gasteiger partial charge is 0.224 e. The molecule has 22 heavy (non-hydrogen) atoms. The van der Waals surface area contributed by atoms with Crippen molar-refractivity contribution in [3.63, 3.8) is 0 Å². The zero-order valence-electron chi connectivity index (χ0n) is 13.3. The molecule has 1 amide bonds. The Kier molecular flexibility index (Phi) is 4.71. The lowest BCUT2D eigenvalue weighted by atomic mass is 10.0. The van der Waals surface area contributed by atoms with E-state index in [4.69, 9.17) is 11.6 Å². The zero-order chi connectivity index (χ0) is 15.7. The van der Waals surface area contributed by atoms with Gasteiger partial charge in [0, 0.05) is 30.1 Å². The fourth-order valence-corrected chi connectivity index (χ4v) is 4.02. The molecular formula is C17H24ClN3O. The van der Waals surface area contributed by atoms with Gasteiger partial charge in [-0.1, -0.05) is 29.8 Å². The summed E-state index contributed by atoms with van der Waals surface area (Å²) in [6.45, 7) is 5.35. The summed E-state index contributed by atoms with van der Waals surface area (Å²) in [5, 5.41) is 3.01. The lowest BCUT2D eigenvalue weighted by molar-refractivity contribution is -0.148. The van der Waals surface area contributed by atoms with Crippen LogP contribution >= 0.6 is 11.6 Å². The highest BCUT2D eigenvalue weighted by Crippen LogP contribution is 2.29. The predicted octanol–water partition coefficient (Wildman–Crippen LogP) is 2.82. The van der Waals surface area contributed by atoms with Crippen LogP contribution in [0.25, 0.3) is 0 Å². The van der Waals surface area contributed by atoms with Crippen molar-refractivity contribution >= 4 is 17.5 Å². The Bertz CT molecular complexity index is 550. The monoisotopic (exact) mass is 321 g/mol. The summed E-state index contributed by atoms with van der Waals surface area (Å²) in [4.78, 5) is 14.9. The minimum absolute atomic E-state index is 0.206. The maximum absolute atomic E-state index is 12.8. The lowest BCUT2D eigenvalue weighted by Gasteiger charge is -2.47. The summed E-state index contributed by atoms with van der Waals surface area (Å²) in [5.41, 5.74) is 4.47. The number of halogens is 1. The number of benzene rings is 1. The molecule has 3 atom stereocenters. The molecule has 2 heterocycles. The van der Waals surface area contributed by atoms with E-state index >= 15 is 0 Å². The normalized spacial score (nSPS) is 28.7. The van der Waals surface area contributed by atoms with Gasteiger partial charge in [0.15, 0.2) is 0 Å². The van der Waals surface area contributed by atoms with E-state index in [0.717, 1.165) is 30.0 Å². The van der Waals surface area contributed by atoms with Crippen LogP contribution in [0.1, 0.15) is 38.7 Å². The SMILES string of the molecule is CC1CC(C)N(C(=O)CCc2ccccc2Cl)C2CCNN12. The molecule has 2 saturated heterocycles. The summed E-state index contributed by atoms with van der Waals surface area (Å²) >= 11 is 6.19. The number of carbonyl (C=O) groups is 1. The second-order valence-electron chi connectivity index (χ2n) is 6.41. The van der Waals surface area contributed by atoms with Gasteiger partial charge in [0.1, 0.15) is 0 Å². The molecule has 3 unspecified atom stereocenters. The maximum atomic E-state index is 12.8. The number of nitrogens with zero attached hydrogens (tertiary/aromatic N) is 2. The van der Waals surface area contributed by atoms with Crippen molar-refractivity contribution in [2.75, 3.05) is 6.54 Å². The number of carbonyl (C=O) groups excluding carboxylic acids is 1. The summed E-state index contributed by atoms with van der Waals surface area (Å²) < 4.78 is 0. The van der Waals surface area contributed by atoms with Crippen LogP contribution in [0, 0.1) is 0 Å². The number of fused-ring (bicyclic) bond motifs is 1. The van der Waals surface area contributed by atoms with E-state index in [1.54, 1.807) is 0 Å². The molecule has 3 rings (SSSR count). The summed E-state index contributed by atoms with van der Waals surface area (Å²) in [7, 11) is 0. The first-order chi connectivity index (χ1) is 10.6. The summed E-state index contributed by atoms with van der Waals surface area (Å²) in [5.74, 6) is 0.234. The fourth-order valence-electron chi connectivity index (χ4n) is 3.79. The molecule has 0 aromatic heterocycles. The molecular weight excluding hydrogens is 298 g/mol. The van der Waals surface area contributed by atoms with E-state index in [9.17, 15) is 4.79 Å². The van der Waals surface area contributed by atoms with Gasteiger partial charge in [-0.15, -0.1) is 0 Å². The van der Waals surface area contributed by atoms with Crippen LogP contribution in [-0.4, -0.2) is 40.6 Å². The Morgan fingerprint density at radius 3 is 2.86 bits per heavy atom. The lowest BCUT2D eigenvalue weighted by Crippen LogP contribution is -2.62. The van der Waals surface area contributed by atoms with Crippen molar-refractivity contribution < 1.29 is 4.79 Å². The first kappa shape index (κ1) is 15.8. The third-order valence-electron chi connectivity index (χ3n) is 4.83. The molecule has 0 radical (unpaired) electrons. The van der Waals surface area contributed by atoms with E-state index in [2.05, 4.69) is 29.2 Å². The Hall–Kier alpha value is -1.10. The van der Waals surface area contributed by atoms with Crippen molar-refractivity contribution in [1.29, 1.82) is 0 Å². The number of nitrogens with one attached hydrogen (secondary N) is 1. The van der Waals surface area contributed by atoms with Crippen LogP contribution in [0.3, 0.4) is 0 Å². The number of amides is 1. The van der Waals surface area contributed by atoms with Gasteiger partial charge in [-0.05, 0) is 44.7 Å². The fraction of sp³-hybridized carbons (Fsp3) is 0.588. The van der Waals surface area contributed by atoms with Gasteiger partial charge in [-0.2, -0.15) is 0 Å². The first-order valence-corrected chi connectivity index (χ1v) is 8.52. The average molecular weight is 322 g/mol. The molecule has 0 bridgehead atoms. The third kappa shape index (κ3) is 3.00. The van der Waals surface area contributed by atoms with Gasteiger partial charge >= 0.3 is 0 Å². The van der Waals surface area contributed by atoms with Crippen molar-refractivity contribution in [1.82, 2.24) is 15.3 Å². The summed E-state index contributed by atoms with van der Waals surface area (Å²) in [6.07, 6.45) is 3.45. The van der Waals surface area contributed by atoms with Crippen molar-refractivity contribution in [3.8, 4) is 0 Å². The van der Waals surface area contributed by atoms with Crippen LogP contribution in [0.4, 0.5) is 0 Å². The van der Waals surface area contributed by atoms with E-state index in [1.165, 1.54) is 0 Å². The molecule has 0 spiro atoms. The largest absolute Gasteiger partial charge is 0.323 e. The second kappa shape index (κ2) is 6.57.